The molecule has 2 nitrogen and oxygen atoms in total. The minimum atomic E-state index is -4.66. The van der Waals surface area contributed by atoms with Crippen LogP contribution in [0.15, 0.2) is 28.7 Å². The van der Waals surface area contributed by atoms with Crippen molar-refractivity contribution in [2.75, 3.05) is 6.54 Å². The van der Waals surface area contributed by atoms with E-state index < -0.39 is 18.2 Å². The van der Waals surface area contributed by atoms with Crippen molar-refractivity contribution in [1.82, 2.24) is 0 Å². The molecule has 0 aliphatic heterocycles. The average molecular weight is 298 g/mol. The highest BCUT2D eigenvalue weighted by molar-refractivity contribution is 9.10. The molecule has 3 N–H and O–H groups in total. The molecule has 1 aromatic rings. The van der Waals surface area contributed by atoms with Gasteiger partial charge in [-0.2, -0.15) is 13.2 Å². The molecule has 6 heteroatoms. The van der Waals surface area contributed by atoms with Crippen LogP contribution in [0.5, 0.6) is 0 Å². The summed E-state index contributed by atoms with van der Waals surface area (Å²) in [5.41, 5.74) is 5.64. The molecule has 0 spiro atoms. The van der Waals surface area contributed by atoms with E-state index in [4.69, 9.17) is 10.8 Å². The van der Waals surface area contributed by atoms with E-state index in [1.807, 2.05) is 0 Å². The van der Waals surface area contributed by atoms with Crippen LogP contribution in [0.4, 0.5) is 13.2 Å². The van der Waals surface area contributed by atoms with E-state index in [-0.39, 0.29) is 6.54 Å². The van der Waals surface area contributed by atoms with Crippen LogP contribution < -0.4 is 5.73 Å². The molecule has 90 valence electrons. The number of benzene rings is 1. The van der Waals surface area contributed by atoms with Crippen LogP contribution >= 0.6 is 15.9 Å². The molecule has 2 atom stereocenters. The van der Waals surface area contributed by atoms with Crippen molar-refractivity contribution in [1.29, 1.82) is 0 Å². The summed E-state index contributed by atoms with van der Waals surface area (Å²) in [5, 5.41) is 9.17. The van der Waals surface area contributed by atoms with E-state index in [0.717, 1.165) is 0 Å². The fourth-order valence-corrected chi connectivity index (χ4v) is 1.83. The third-order valence-electron chi connectivity index (χ3n) is 2.25. The molecular formula is C10H11BrF3NO. The van der Waals surface area contributed by atoms with Gasteiger partial charge >= 0.3 is 6.18 Å². The topological polar surface area (TPSA) is 46.2 Å². The maximum atomic E-state index is 12.4. The lowest BCUT2D eigenvalue weighted by Gasteiger charge is -2.24. The van der Waals surface area contributed by atoms with Crippen LogP contribution in [-0.2, 0) is 0 Å². The molecule has 16 heavy (non-hydrogen) atoms. The van der Waals surface area contributed by atoms with Crippen molar-refractivity contribution >= 4 is 15.9 Å². The molecule has 0 fully saturated rings. The first kappa shape index (κ1) is 13.5. The van der Waals surface area contributed by atoms with E-state index in [0.29, 0.717) is 10.0 Å². The van der Waals surface area contributed by atoms with Gasteiger partial charge in [0.1, 0.15) is 0 Å². The van der Waals surface area contributed by atoms with Crippen molar-refractivity contribution in [2.24, 2.45) is 5.73 Å². The standard InChI is InChI=1S/C10H11BrF3NO/c11-7-3-1-2-6(4-7)8(5-15)9(16)10(12,13)14/h1-4,8-9,16H,5,15H2. The van der Waals surface area contributed by atoms with Crippen molar-refractivity contribution in [3.05, 3.63) is 34.3 Å². The maximum absolute atomic E-state index is 12.4. The Labute approximate surface area is 99.4 Å². The largest absolute Gasteiger partial charge is 0.414 e. The third-order valence-corrected chi connectivity index (χ3v) is 2.74. The Morgan fingerprint density at radius 3 is 2.44 bits per heavy atom. The minimum absolute atomic E-state index is 0.267. The SMILES string of the molecule is NCC(c1cccc(Br)c1)C(O)C(F)(F)F. The Morgan fingerprint density at radius 1 is 1.38 bits per heavy atom. The molecule has 0 bridgehead atoms. The van der Waals surface area contributed by atoms with Crippen LogP contribution in [0.3, 0.4) is 0 Å². The molecule has 0 heterocycles. The molecule has 0 aliphatic carbocycles. The van der Waals surface area contributed by atoms with Gasteiger partial charge in [-0.3, -0.25) is 0 Å². The van der Waals surface area contributed by atoms with Gasteiger partial charge in [0, 0.05) is 16.9 Å². The smallest absolute Gasteiger partial charge is 0.383 e. The summed E-state index contributed by atoms with van der Waals surface area (Å²) in [5.74, 6) is -1.14. The number of halogens is 4. The van der Waals surface area contributed by atoms with Crippen molar-refractivity contribution in [3.8, 4) is 0 Å². The lowest BCUT2D eigenvalue weighted by atomic mass is 9.93. The summed E-state index contributed by atoms with van der Waals surface area (Å²) in [6.07, 6.45) is -7.10. The van der Waals surface area contributed by atoms with Gasteiger partial charge in [-0.1, -0.05) is 28.1 Å². The molecule has 2 unspecified atom stereocenters. The fraction of sp³-hybridized carbons (Fsp3) is 0.400. The zero-order chi connectivity index (χ0) is 12.3. The summed E-state index contributed by atoms with van der Waals surface area (Å²) in [6.45, 7) is -0.267. The Kier molecular flexibility index (Phi) is 4.35. The quantitative estimate of drug-likeness (QED) is 0.900. The van der Waals surface area contributed by atoms with E-state index >= 15 is 0 Å². The zero-order valence-corrected chi connectivity index (χ0v) is 9.79. The Balaban J connectivity index is 2.99. The lowest BCUT2D eigenvalue weighted by Crippen LogP contribution is -2.38. The van der Waals surface area contributed by atoms with Gasteiger partial charge in [-0.25, -0.2) is 0 Å². The van der Waals surface area contributed by atoms with E-state index in [2.05, 4.69) is 15.9 Å². The van der Waals surface area contributed by atoms with Gasteiger partial charge in [-0.05, 0) is 17.7 Å². The first-order chi connectivity index (χ1) is 7.36. The highest BCUT2D eigenvalue weighted by Gasteiger charge is 2.43. The van der Waals surface area contributed by atoms with Crippen LogP contribution in [0.1, 0.15) is 11.5 Å². The number of alkyl halides is 3. The molecule has 0 aliphatic rings. The second kappa shape index (κ2) is 5.16. The fourth-order valence-electron chi connectivity index (χ4n) is 1.41. The molecule has 0 aromatic heterocycles. The summed E-state index contributed by atoms with van der Waals surface area (Å²) in [6, 6.07) is 6.33. The minimum Gasteiger partial charge on any atom is -0.383 e. The van der Waals surface area contributed by atoms with Crippen LogP contribution in [0, 0.1) is 0 Å². The van der Waals surface area contributed by atoms with Crippen molar-refractivity contribution < 1.29 is 18.3 Å². The Morgan fingerprint density at radius 2 is 2.00 bits per heavy atom. The van der Waals surface area contributed by atoms with Crippen LogP contribution in [0.25, 0.3) is 0 Å². The lowest BCUT2D eigenvalue weighted by molar-refractivity contribution is -0.209. The third kappa shape index (κ3) is 3.20. The Bertz CT molecular complexity index is 356. The second-order valence-corrected chi connectivity index (χ2v) is 4.30. The van der Waals surface area contributed by atoms with Gasteiger partial charge < -0.3 is 10.8 Å². The van der Waals surface area contributed by atoms with Gasteiger partial charge in [0.05, 0.1) is 0 Å². The summed E-state index contributed by atoms with van der Waals surface area (Å²) >= 11 is 3.16. The number of hydrogen-bond donors (Lipinski definition) is 2. The number of aliphatic hydroxyl groups is 1. The predicted octanol–water partition coefficient (Wildman–Crippen LogP) is 2.41. The molecule has 1 rings (SSSR count). The van der Waals surface area contributed by atoms with E-state index in [1.165, 1.54) is 12.1 Å². The number of aliphatic hydroxyl groups excluding tert-OH is 1. The first-order valence-electron chi connectivity index (χ1n) is 4.56. The predicted molar refractivity (Wildman–Crippen MR) is 58.0 cm³/mol. The zero-order valence-electron chi connectivity index (χ0n) is 8.21. The van der Waals surface area contributed by atoms with Crippen LogP contribution in [-0.4, -0.2) is 23.9 Å². The number of hydrogen-bond acceptors (Lipinski definition) is 2. The van der Waals surface area contributed by atoms with E-state index in [9.17, 15) is 13.2 Å². The molecule has 0 saturated heterocycles. The number of rotatable bonds is 3. The molecule has 0 radical (unpaired) electrons. The van der Waals surface area contributed by atoms with E-state index in [1.54, 1.807) is 12.1 Å². The first-order valence-corrected chi connectivity index (χ1v) is 5.36. The van der Waals surface area contributed by atoms with Gasteiger partial charge in [-0.15, -0.1) is 0 Å². The summed E-state index contributed by atoms with van der Waals surface area (Å²) in [7, 11) is 0. The molecule has 0 amide bonds. The highest BCUT2D eigenvalue weighted by atomic mass is 79.9. The Hall–Kier alpha value is -0.590. The molecular weight excluding hydrogens is 287 g/mol. The number of nitrogens with two attached hydrogens (primary N) is 1. The van der Waals surface area contributed by atoms with Gasteiger partial charge in [0.15, 0.2) is 6.10 Å². The second-order valence-electron chi connectivity index (χ2n) is 3.38. The van der Waals surface area contributed by atoms with Gasteiger partial charge in [0.25, 0.3) is 0 Å². The maximum Gasteiger partial charge on any atom is 0.414 e. The van der Waals surface area contributed by atoms with Crippen LogP contribution in [0.2, 0.25) is 0 Å². The normalized spacial score (nSPS) is 15.9. The summed E-state index contributed by atoms with van der Waals surface area (Å²) in [4.78, 5) is 0. The summed E-state index contributed by atoms with van der Waals surface area (Å²) < 4.78 is 37.7. The average Bonchev–Trinajstić information content (AvgIpc) is 2.17. The van der Waals surface area contributed by atoms with Gasteiger partial charge in [0.2, 0.25) is 0 Å². The van der Waals surface area contributed by atoms with Crippen molar-refractivity contribution in [3.63, 3.8) is 0 Å². The highest BCUT2D eigenvalue weighted by Crippen LogP contribution is 2.32. The van der Waals surface area contributed by atoms with Crippen molar-refractivity contribution in [2.45, 2.75) is 18.2 Å². The monoisotopic (exact) mass is 297 g/mol. The molecule has 0 saturated carbocycles. The molecule has 1 aromatic carbocycles.